The summed E-state index contributed by atoms with van der Waals surface area (Å²) >= 11 is 0. The van der Waals surface area contributed by atoms with Crippen LogP contribution in [0.25, 0.3) is 0 Å². The molecule has 2 rings (SSSR count). The van der Waals surface area contributed by atoms with Crippen molar-refractivity contribution in [3.8, 4) is 17.2 Å². The lowest BCUT2D eigenvalue weighted by atomic mass is 9.88. The molecule has 0 saturated heterocycles. The summed E-state index contributed by atoms with van der Waals surface area (Å²) in [5.41, 5.74) is 0.0132. The fourth-order valence-corrected chi connectivity index (χ4v) is 3.38. The topological polar surface area (TPSA) is 61.8 Å². The molecule has 0 aliphatic rings. The number of hydrogen-bond acceptors (Lipinski definition) is 5. The van der Waals surface area contributed by atoms with Gasteiger partial charge >= 0.3 is 59.6 Å². The fraction of sp³-hybridized carbons (Fsp3) is 0.407. The zero-order chi connectivity index (χ0) is 38.1. The molecule has 0 heterocycles. The highest BCUT2D eigenvalue weighted by Crippen LogP contribution is 2.64. The lowest BCUT2D eigenvalue weighted by molar-refractivity contribution is -0.461. The minimum atomic E-state index is -8.74. The first kappa shape index (κ1) is 40.9. The van der Waals surface area contributed by atoms with Crippen LogP contribution < -0.4 is 14.2 Å². The van der Waals surface area contributed by atoms with Crippen LogP contribution in [-0.4, -0.2) is 66.2 Å². The molecule has 2 aromatic carbocycles. The van der Waals surface area contributed by atoms with Gasteiger partial charge in [-0.25, -0.2) is 4.79 Å². The van der Waals surface area contributed by atoms with Crippen molar-refractivity contribution >= 4 is 11.9 Å². The van der Waals surface area contributed by atoms with Crippen LogP contribution in [0.4, 0.5) is 74.6 Å². The van der Waals surface area contributed by atoms with Crippen molar-refractivity contribution in [2.45, 2.75) is 60.5 Å². The molecule has 0 fully saturated rings. The highest BCUT2D eigenvalue weighted by Gasteiger charge is 2.95. The summed E-state index contributed by atoms with van der Waals surface area (Å²) in [6.45, 7) is 3.61. The van der Waals surface area contributed by atoms with E-state index in [1.807, 2.05) is 0 Å². The molecule has 22 heteroatoms. The third-order valence-electron chi connectivity index (χ3n) is 6.15. The zero-order valence-corrected chi connectivity index (χ0v) is 23.5. The van der Waals surface area contributed by atoms with Gasteiger partial charge in [-0.1, -0.05) is 12.7 Å². The quantitative estimate of drug-likeness (QED) is 0.0789. The van der Waals surface area contributed by atoms with Gasteiger partial charge in [0, 0.05) is 6.42 Å². The molecule has 49 heavy (non-hydrogen) atoms. The summed E-state index contributed by atoms with van der Waals surface area (Å²) in [6.07, 6.45) is -11.5. The average molecular weight is 744 g/mol. The SMILES string of the molecule is C=CCOc1ccc(C(=O)Oc2ccc(OC(=O)CCC(F)(F)C(F)(F)C(F)(F)C(F)(F)C(F)(F)C(F)(F)C(F)(F)C(F)(F)F)cc2)cc1. The van der Waals surface area contributed by atoms with Crippen LogP contribution in [0, 0.1) is 0 Å². The lowest BCUT2D eigenvalue weighted by Gasteiger charge is -2.42. The highest BCUT2D eigenvalue weighted by atomic mass is 19.4. The van der Waals surface area contributed by atoms with Crippen molar-refractivity contribution in [3.05, 3.63) is 66.7 Å². The fourth-order valence-electron chi connectivity index (χ4n) is 3.38. The van der Waals surface area contributed by atoms with Crippen LogP contribution >= 0.6 is 0 Å². The van der Waals surface area contributed by atoms with Gasteiger partial charge in [-0.3, -0.25) is 4.79 Å². The van der Waals surface area contributed by atoms with Crippen molar-refractivity contribution < 1.29 is 98.4 Å². The minimum absolute atomic E-state index is 0.0132. The molecule has 0 aliphatic heterocycles. The molecule has 0 saturated carbocycles. The molecule has 5 nitrogen and oxygen atoms in total. The molecule has 0 unspecified atom stereocenters. The summed E-state index contributed by atoms with van der Waals surface area (Å²) in [6, 6.07) is 8.86. The van der Waals surface area contributed by atoms with E-state index in [1.54, 1.807) is 0 Å². The maximum Gasteiger partial charge on any atom is 0.460 e. The summed E-state index contributed by atoms with van der Waals surface area (Å²) in [4.78, 5) is 24.1. The van der Waals surface area contributed by atoms with E-state index in [4.69, 9.17) is 9.47 Å². The van der Waals surface area contributed by atoms with Gasteiger partial charge < -0.3 is 14.2 Å². The third kappa shape index (κ3) is 7.51. The summed E-state index contributed by atoms with van der Waals surface area (Å²) in [5, 5.41) is 0. The van der Waals surface area contributed by atoms with E-state index < -0.39 is 78.2 Å². The Morgan fingerprint density at radius 1 is 0.551 bits per heavy atom. The van der Waals surface area contributed by atoms with E-state index in [9.17, 15) is 84.2 Å². The highest BCUT2D eigenvalue weighted by molar-refractivity contribution is 5.91. The van der Waals surface area contributed by atoms with E-state index in [2.05, 4.69) is 11.3 Å². The van der Waals surface area contributed by atoms with E-state index in [1.165, 1.54) is 30.3 Å². The number of carbonyl (C=O) groups excluding carboxylic acids is 2. The largest absolute Gasteiger partial charge is 0.490 e. The Kier molecular flexibility index (Phi) is 11.3. The van der Waals surface area contributed by atoms with E-state index in [-0.39, 0.29) is 17.9 Å². The van der Waals surface area contributed by atoms with Gasteiger partial charge in [0.1, 0.15) is 23.9 Å². The number of benzene rings is 2. The van der Waals surface area contributed by atoms with Crippen LogP contribution in [0.15, 0.2) is 61.2 Å². The Labute approximate surface area is 262 Å². The first-order valence-corrected chi connectivity index (χ1v) is 12.6. The number of rotatable bonds is 15. The number of alkyl halides is 17. The number of carbonyl (C=O) groups is 2. The predicted molar refractivity (Wildman–Crippen MR) is 129 cm³/mol. The van der Waals surface area contributed by atoms with Gasteiger partial charge in [-0.15, -0.1) is 0 Å². The molecular weight excluding hydrogens is 727 g/mol. The Hall–Kier alpha value is -4.27. The average Bonchev–Trinajstić information content (AvgIpc) is 2.99. The van der Waals surface area contributed by atoms with E-state index in [0.717, 1.165) is 24.3 Å². The number of halogens is 17. The van der Waals surface area contributed by atoms with Crippen molar-refractivity contribution in [1.29, 1.82) is 0 Å². The molecule has 0 aliphatic carbocycles. The van der Waals surface area contributed by atoms with Crippen molar-refractivity contribution in [2.24, 2.45) is 0 Å². The second-order valence-electron chi connectivity index (χ2n) is 9.61. The van der Waals surface area contributed by atoms with E-state index >= 15 is 0 Å². The van der Waals surface area contributed by atoms with Gasteiger partial charge in [0.2, 0.25) is 0 Å². The van der Waals surface area contributed by atoms with E-state index in [0.29, 0.717) is 5.75 Å². The molecule has 0 spiro atoms. The molecule has 274 valence electrons. The van der Waals surface area contributed by atoms with Crippen LogP contribution in [-0.2, 0) is 4.79 Å². The number of esters is 2. The molecule has 0 radical (unpaired) electrons. The molecule has 0 aromatic heterocycles. The summed E-state index contributed by atoms with van der Waals surface area (Å²) < 4.78 is 242. The molecular formula is C27H17F17O5. The smallest absolute Gasteiger partial charge is 0.460 e. The van der Waals surface area contributed by atoms with Gasteiger partial charge in [-0.05, 0) is 48.5 Å². The second kappa shape index (κ2) is 13.6. The normalized spacial score (nSPS) is 13.9. The van der Waals surface area contributed by atoms with Crippen molar-refractivity contribution in [3.63, 3.8) is 0 Å². The first-order valence-electron chi connectivity index (χ1n) is 12.6. The van der Waals surface area contributed by atoms with Gasteiger partial charge in [0.25, 0.3) is 0 Å². The minimum Gasteiger partial charge on any atom is -0.490 e. The van der Waals surface area contributed by atoms with Crippen LogP contribution in [0.3, 0.4) is 0 Å². The van der Waals surface area contributed by atoms with Gasteiger partial charge in [0.15, 0.2) is 0 Å². The zero-order valence-electron chi connectivity index (χ0n) is 23.5. The molecule has 0 atom stereocenters. The van der Waals surface area contributed by atoms with Crippen molar-refractivity contribution in [1.82, 2.24) is 0 Å². The molecule has 0 N–H and O–H groups in total. The second-order valence-corrected chi connectivity index (χ2v) is 9.61. The monoisotopic (exact) mass is 744 g/mol. The standard InChI is InChI=1S/C27H17F17O5/c1-2-13-47-15-5-3-14(4-6-15)19(46)49-17-9-7-16(8-10-17)48-18(45)11-12-20(28,29)21(30,31)22(32,33)23(34,35)24(36,37)25(38,39)26(40,41)27(42,43)44/h2-10H,1,11-13H2. The number of hydrogen-bond donors (Lipinski definition) is 0. The maximum absolute atomic E-state index is 14.0. The summed E-state index contributed by atoms with van der Waals surface area (Å²) in [7, 11) is 0. The molecule has 0 amide bonds. The lowest BCUT2D eigenvalue weighted by Crippen LogP contribution is -2.74. The molecule has 0 bridgehead atoms. The Bertz CT molecular complexity index is 1480. The number of ether oxygens (including phenoxy) is 3. The third-order valence-corrected chi connectivity index (χ3v) is 6.15. The van der Waals surface area contributed by atoms with Gasteiger partial charge in [-0.2, -0.15) is 74.6 Å². The first-order chi connectivity index (χ1) is 22.0. The Balaban J connectivity index is 2.14. The summed E-state index contributed by atoms with van der Waals surface area (Å²) in [5.74, 6) is -60.9. The van der Waals surface area contributed by atoms with Gasteiger partial charge in [0.05, 0.1) is 12.0 Å². The van der Waals surface area contributed by atoms with Crippen molar-refractivity contribution in [2.75, 3.05) is 6.61 Å². The van der Waals surface area contributed by atoms with Crippen LogP contribution in [0.5, 0.6) is 17.2 Å². The maximum atomic E-state index is 14.0. The Morgan fingerprint density at radius 3 is 1.37 bits per heavy atom. The molecule has 2 aromatic rings. The predicted octanol–water partition coefficient (Wildman–Crippen LogP) is 9.17. The van der Waals surface area contributed by atoms with Crippen LogP contribution in [0.1, 0.15) is 23.2 Å². The van der Waals surface area contributed by atoms with Crippen LogP contribution in [0.2, 0.25) is 0 Å². The Morgan fingerprint density at radius 2 is 0.939 bits per heavy atom.